The van der Waals surface area contributed by atoms with E-state index in [0.29, 0.717) is 11.8 Å². The van der Waals surface area contributed by atoms with Gasteiger partial charge in [0, 0.05) is 5.75 Å². The number of urea groups is 1. The summed E-state index contributed by atoms with van der Waals surface area (Å²) in [5.74, 6) is 1.57. The van der Waals surface area contributed by atoms with Crippen molar-refractivity contribution in [3.05, 3.63) is 35.9 Å². The van der Waals surface area contributed by atoms with Gasteiger partial charge in [-0.05, 0) is 24.3 Å². The summed E-state index contributed by atoms with van der Waals surface area (Å²) < 4.78 is 0. The molecule has 0 bridgehead atoms. The van der Waals surface area contributed by atoms with Gasteiger partial charge in [0.25, 0.3) is 5.91 Å². The highest BCUT2D eigenvalue weighted by Crippen LogP contribution is 2.35. The summed E-state index contributed by atoms with van der Waals surface area (Å²) in [6, 6.07) is 9.57. The molecule has 1 aromatic rings. The van der Waals surface area contributed by atoms with Gasteiger partial charge in [-0.3, -0.25) is 9.69 Å². The van der Waals surface area contributed by atoms with Crippen LogP contribution in [0, 0.1) is 5.92 Å². The SMILES string of the molecule is O=C1N[C@@H](C2CC2)C(=O)N1CSCc1ccccc1. The molecule has 19 heavy (non-hydrogen) atoms. The highest BCUT2D eigenvalue weighted by molar-refractivity contribution is 7.98. The Morgan fingerprint density at radius 1 is 1.21 bits per heavy atom. The molecule has 4 nitrogen and oxygen atoms in total. The highest BCUT2D eigenvalue weighted by atomic mass is 32.2. The normalized spacial score (nSPS) is 22.7. The van der Waals surface area contributed by atoms with Crippen molar-refractivity contribution in [2.75, 3.05) is 5.88 Å². The van der Waals surface area contributed by atoms with Gasteiger partial charge in [0.05, 0.1) is 5.88 Å². The van der Waals surface area contributed by atoms with Gasteiger partial charge < -0.3 is 5.32 Å². The van der Waals surface area contributed by atoms with Crippen LogP contribution in [-0.2, 0) is 10.5 Å². The summed E-state index contributed by atoms with van der Waals surface area (Å²) >= 11 is 1.59. The minimum atomic E-state index is -0.259. The Labute approximate surface area is 116 Å². The van der Waals surface area contributed by atoms with E-state index < -0.39 is 0 Å². The third-order valence-corrected chi connectivity index (χ3v) is 4.46. The molecule has 0 aromatic heterocycles. The highest BCUT2D eigenvalue weighted by Gasteiger charge is 2.46. The fourth-order valence-electron chi connectivity index (χ4n) is 2.24. The predicted octanol–water partition coefficient (Wildman–Crippen LogP) is 2.21. The van der Waals surface area contributed by atoms with E-state index in [-0.39, 0.29) is 18.0 Å². The molecule has 0 spiro atoms. The maximum absolute atomic E-state index is 12.1. The predicted molar refractivity (Wildman–Crippen MR) is 74.5 cm³/mol. The minimum Gasteiger partial charge on any atom is -0.325 e. The first kappa shape index (κ1) is 12.5. The number of carbonyl (C=O) groups is 2. The second-order valence-corrected chi connectivity index (χ2v) is 5.95. The van der Waals surface area contributed by atoms with Gasteiger partial charge in [-0.25, -0.2) is 4.79 Å². The molecule has 2 fully saturated rings. The maximum Gasteiger partial charge on any atom is 0.325 e. The molecule has 3 rings (SSSR count). The summed E-state index contributed by atoms with van der Waals surface area (Å²) in [5, 5.41) is 2.79. The summed E-state index contributed by atoms with van der Waals surface area (Å²) in [4.78, 5) is 25.2. The molecule has 3 amide bonds. The lowest BCUT2D eigenvalue weighted by atomic mass is 10.2. The van der Waals surface area contributed by atoms with E-state index in [4.69, 9.17) is 0 Å². The van der Waals surface area contributed by atoms with Crippen LogP contribution < -0.4 is 5.32 Å². The van der Waals surface area contributed by atoms with Crippen molar-refractivity contribution in [3.8, 4) is 0 Å². The number of imide groups is 1. The standard InChI is InChI=1S/C14H16N2O2S/c17-13-12(11-6-7-11)15-14(18)16(13)9-19-8-10-4-2-1-3-5-10/h1-5,11-12H,6-9H2,(H,15,18)/t12-/m0/s1. The smallest absolute Gasteiger partial charge is 0.325 e. The molecule has 1 aliphatic carbocycles. The molecule has 1 heterocycles. The molecule has 5 heteroatoms. The largest absolute Gasteiger partial charge is 0.325 e. The molecule has 0 radical (unpaired) electrons. The average molecular weight is 276 g/mol. The number of hydrogen-bond acceptors (Lipinski definition) is 3. The lowest BCUT2D eigenvalue weighted by molar-refractivity contribution is -0.127. The second-order valence-electron chi connectivity index (χ2n) is 4.99. The van der Waals surface area contributed by atoms with E-state index in [2.05, 4.69) is 5.32 Å². The van der Waals surface area contributed by atoms with Gasteiger partial charge in [0.2, 0.25) is 0 Å². The molecule has 2 aliphatic rings. The molecule has 1 aliphatic heterocycles. The summed E-state index contributed by atoms with van der Waals surface area (Å²) in [7, 11) is 0. The molecule has 1 saturated heterocycles. The van der Waals surface area contributed by atoms with E-state index in [9.17, 15) is 9.59 Å². The number of benzene rings is 1. The van der Waals surface area contributed by atoms with Crippen LogP contribution in [0.2, 0.25) is 0 Å². The summed E-state index contributed by atoms with van der Waals surface area (Å²) in [6.45, 7) is 0. The zero-order valence-corrected chi connectivity index (χ0v) is 11.4. The van der Waals surface area contributed by atoms with Gasteiger partial charge in [0.1, 0.15) is 6.04 Å². The molecule has 1 aromatic carbocycles. The van der Waals surface area contributed by atoms with Gasteiger partial charge in [-0.1, -0.05) is 30.3 Å². The Hall–Kier alpha value is -1.49. The summed E-state index contributed by atoms with van der Waals surface area (Å²) in [6.07, 6.45) is 2.11. The monoisotopic (exact) mass is 276 g/mol. The first-order valence-electron chi connectivity index (χ1n) is 6.49. The van der Waals surface area contributed by atoms with Gasteiger partial charge in [0.15, 0.2) is 0 Å². The van der Waals surface area contributed by atoms with Crippen molar-refractivity contribution in [2.45, 2.75) is 24.6 Å². The zero-order valence-electron chi connectivity index (χ0n) is 10.5. The van der Waals surface area contributed by atoms with Crippen LogP contribution in [0.15, 0.2) is 30.3 Å². The van der Waals surface area contributed by atoms with Gasteiger partial charge >= 0.3 is 6.03 Å². The van der Waals surface area contributed by atoms with Crippen LogP contribution in [-0.4, -0.2) is 28.8 Å². The molecule has 100 valence electrons. The fourth-order valence-corrected chi connectivity index (χ4v) is 3.19. The lowest BCUT2D eigenvalue weighted by Crippen LogP contribution is -2.32. The van der Waals surface area contributed by atoms with Crippen LogP contribution in [0.1, 0.15) is 18.4 Å². The molecule has 1 N–H and O–H groups in total. The van der Waals surface area contributed by atoms with Crippen molar-refractivity contribution >= 4 is 23.7 Å². The van der Waals surface area contributed by atoms with Crippen LogP contribution in [0.25, 0.3) is 0 Å². The Kier molecular flexibility index (Phi) is 3.46. The number of hydrogen-bond donors (Lipinski definition) is 1. The molecular formula is C14H16N2O2S. The van der Waals surface area contributed by atoms with Crippen molar-refractivity contribution in [1.82, 2.24) is 10.2 Å². The Bertz CT molecular complexity index is 487. The van der Waals surface area contributed by atoms with E-state index >= 15 is 0 Å². The van der Waals surface area contributed by atoms with E-state index in [1.54, 1.807) is 11.8 Å². The van der Waals surface area contributed by atoms with Crippen LogP contribution in [0.5, 0.6) is 0 Å². The molecule has 0 unspecified atom stereocenters. The number of carbonyl (C=O) groups excluding carboxylic acids is 2. The minimum absolute atomic E-state index is 0.0481. The number of nitrogens with one attached hydrogen (secondary N) is 1. The third kappa shape index (κ3) is 2.76. The molecule has 1 saturated carbocycles. The van der Waals surface area contributed by atoms with Crippen molar-refractivity contribution in [3.63, 3.8) is 0 Å². The number of amides is 3. The Morgan fingerprint density at radius 3 is 2.63 bits per heavy atom. The van der Waals surface area contributed by atoms with E-state index in [0.717, 1.165) is 18.6 Å². The number of thioether (sulfide) groups is 1. The van der Waals surface area contributed by atoms with Crippen LogP contribution >= 0.6 is 11.8 Å². The zero-order chi connectivity index (χ0) is 13.2. The molecule has 1 atom stereocenters. The Balaban J connectivity index is 1.52. The summed E-state index contributed by atoms with van der Waals surface area (Å²) in [5.41, 5.74) is 1.21. The maximum atomic E-state index is 12.1. The van der Waals surface area contributed by atoms with Gasteiger partial charge in [-0.15, -0.1) is 11.8 Å². The van der Waals surface area contributed by atoms with Crippen molar-refractivity contribution in [1.29, 1.82) is 0 Å². The van der Waals surface area contributed by atoms with Crippen LogP contribution in [0.4, 0.5) is 4.79 Å². The number of nitrogens with zero attached hydrogens (tertiary/aromatic N) is 1. The lowest BCUT2D eigenvalue weighted by Gasteiger charge is -2.12. The van der Waals surface area contributed by atoms with E-state index in [1.165, 1.54) is 10.5 Å². The van der Waals surface area contributed by atoms with Crippen molar-refractivity contribution < 1.29 is 9.59 Å². The van der Waals surface area contributed by atoms with Gasteiger partial charge in [-0.2, -0.15) is 0 Å². The quantitative estimate of drug-likeness (QED) is 0.839. The van der Waals surface area contributed by atoms with Crippen molar-refractivity contribution in [2.24, 2.45) is 5.92 Å². The fraction of sp³-hybridized carbons (Fsp3) is 0.429. The first-order valence-corrected chi connectivity index (χ1v) is 7.65. The Morgan fingerprint density at radius 2 is 1.95 bits per heavy atom. The van der Waals surface area contributed by atoms with Crippen LogP contribution in [0.3, 0.4) is 0 Å². The number of rotatable bonds is 5. The third-order valence-electron chi connectivity index (χ3n) is 3.48. The second kappa shape index (κ2) is 5.25. The first-order chi connectivity index (χ1) is 9.25. The molecular weight excluding hydrogens is 260 g/mol. The average Bonchev–Trinajstić information content (AvgIpc) is 3.22. The van der Waals surface area contributed by atoms with E-state index in [1.807, 2.05) is 30.3 Å². The topological polar surface area (TPSA) is 49.4 Å².